The molecule has 0 saturated heterocycles. The minimum Gasteiger partial charge on any atom is -0.497 e. The average Bonchev–Trinajstić information content (AvgIpc) is 3.45. The molecule has 0 saturated carbocycles. The number of hydrogen-bond acceptors (Lipinski definition) is 4. The first-order chi connectivity index (χ1) is 16.2. The molecule has 3 heterocycles. The molecule has 1 aliphatic heterocycles. The summed E-state index contributed by atoms with van der Waals surface area (Å²) in [5, 5.41) is 12.3. The third-order valence-electron chi connectivity index (χ3n) is 6.66. The molecule has 0 spiro atoms. The Bertz CT molecular complexity index is 1470. The maximum Gasteiger partial charge on any atom is 0.153 e. The molecule has 6 rings (SSSR count). The highest BCUT2D eigenvalue weighted by atomic mass is 16.5. The number of nitrogens with two attached hydrogens (primary N) is 1. The molecule has 33 heavy (non-hydrogen) atoms. The Balaban J connectivity index is 1.41. The zero-order valence-electron chi connectivity index (χ0n) is 18.7. The van der Waals surface area contributed by atoms with E-state index in [0.29, 0.717) is 6.54 Å². The highest BCUT2D eigenvalue weighted by Gasteiger charge is 2.29. The van der Waals surface area contributed by atoms with E-state index in [-0.39, 0.29) is 6.04 Å². The lowest BCUT2D eigenvalue weighted by Gasteiger charge is -2.22. The fourth-order valence-electron chi connectivity index (χ4n) is 5.04. The summed E-state index contributed by atoms with van der Waals surface area (Å²) >= 11 is 0. The van der Waals surface area contributed by atoms with Crippen LogP contribution in [0.3, 0.4) is 0 Å². The van der Waals surface area contributed by atoms with Crippen LogP contribution in [0.15, 0.2) is 60.7 Å². The molecule has 5 aromatic rings. The van der Waals surface area contributed by atoms with E-state index >= 15 is 0 Å². The van der Waals surface area contributed by atoms with Crippen molar-refractivity contribution in [3.05, 3.63) is 83.0 Å². The summed E-state index contributed by atoms with van der Waals surface area (Å²) in [5.41, 5.74) is 8.05. The molecule has 3 N–H and O–H groups in total. The molecular weight excluding hydrogens is 414 g/mol. The number of benzene rings is 3. The van der Waals surface area contributed by atoms with Crippen molar-refractivity contribution >= 4 is 21.9 Å². The molecule has 3 aromatic carbocycles. The molecule has 0 amide bonds. The number of hydrogen-bond donors (Lipinski definition) is 2. The van der Waals surface area contributed by atoms with Crippen molar-refractivity contribution in [3.8, 4) is 11.5 Å². The predicted molar refractivity (Wildman–Crippen MR) is 127 cm³/mol. The highest BCUT2D eigenvalue weighted by Crippen LogP contribution is 2.34. The topological polar surface area (TPSA) is 81.6 Å². The Morgan fingerprint density at radius 3 is 2.85 bits per heavy atom. The molecule has 1 aliphatic rings. The van der Waals surface area contributed by atoms with E-state index in [1.54, 1.807) is 14.2 Å². The fourth-order valence-corrected chi connectivity index (χ4v) is 5.04. The predicted octanol–water partition coefficient (Wildman–Crippen LogP) is 3.19. The molecule has 166 valence electrons. The van der Waals surface area contributed by atoms with E-state index in [2.05, 4.69) is 50.9 Å². The van der Waals surface area contributed by atoms with Gasteiger partial charge in [-0.05, 0) is 54.1 Å². The zero-order chi connectivity index (χ0) is 22.4. The third-order valence-corrected chi connectivity index (χ3v) is 6.66. The molecule has 7 heteroatoms. The molecule has 2 aromatic heterocycles. The number of para-hydroxylation sites is 1. The first-order valence-corrected chi connectivity index (χ1v) is 11.2. The van der Waals surface area contributed by atoms with Crippen LogP contribution in [0.2, 0.25) is 0 Å². The van der Waals surface area contributed by atoms with Crippen molar-refractivity contribution in [1.29, 1.82) is 0 Å². The van der Waals surface area contributed by atoms with E-state index in [4.69, 9.17) is 9.47 Å². The van der Waals surface area contributed by atoms with Crippen molar-refractivity contribution < 1.29 is 14.8 Å². The summed E-state index contributed by atoms with van der Waals surface area (Å²) in [6.07, 6.45) is 1.03. The number of H-pyrrole nitrogens is 1. The van der Waals surface area contributed by atoms with Gasteiger partial charge in [-0.15, -0.1) is 5.10 Å². The van der Waals surface area contributed by atoms with Gasteiger partial charge in [0.05, 0.1) is 38.5 Å². The van der Waals surface area contributed by atoms with Gasteiger partial charge in [0.2, 0.25) is 0 Å². The molecule has 1 atom stereocenters. The molecule has 0 bridgehead atoms. The second-order valence-corrected chi connectivity index (χ2v) is 8.49. The van der Waals surface area contributed by atoms with Gasteiger partial charge in [0.1, 0.15) is 17.0 Å². The Morgan fingerprint density at radius 1 is 1.06 bits per heavy atom. The van der Waals surface area contributed by atoms with Gasteiger partial charge < -0.3 is 19.8 Å². The van der Waals surface area contributed by atoms with Gasteiger partial charge in [0.15, 0.2) is 6.04 Å². The quantitative estimate of drug-likeness (QED) is 0.440. The van der Waals surface area contributed by atoms with Gasteiger partial charge in [-0.1, -0.05) is 17.3 Å². The monoisotopic (exact) mass is 440 g/mol. The number of aromatic amines is 1. The van der Waals surface area contributed by atoms with Crippen LogP contribution >= 0.6 is 0 Å². The summed E-state index contributed by atoms with van der Waals surface area (Å²) in [4.78, 5) is 3.69. The van der Waals surface area contributed by atoms with Gasteiger partial charge in [0, 0.05) is 28.5 Å². The number of fused-ring (bicyclic) bond motifs is 4. The van der Waals surface area contributed by atoms with Crippen LogP contribution in [-0.2, 0) is 13.0 Å². The number of nitrogens with one attached hydrogen (secondary N) is 1. The summed E-state index contributed by atoms with van der Waals surface area (Å²) in [6, 6.07) is 21.0. The zero-order valence-corrected chi connectivity index (χ0v) is 18.7. The van der Waals surface area contributed by atoms with Gasteiger partial charge in [0.25, 0.3) is 0 Å². The Morgan fingerprint density at radius 2 is 1.97 bits per heavy atom. The van der Waals surface area contributed by atoms with Crippen LogP contribution in [0.25, 0.3) is 21.9 Å². The van der Waals surface area contributed by atoms with Crippen LogP contribution in [0.4, 0.5) is 0 Å². The molecule has 0 aliphatic carbocycles. The maximum atomic E-state index is 5.70. The van der Waals surface area contributed by atoms with Crippen molar-refractivity contribution in [2.75, 3.05) is 20.8 Å². The molecule has 0 fully saturated rings. The van der Waals surface area contributed by atoms with Crippen molar-refractivity contribution in [2.45, 2.75) is 19.0 Å². The Kier molecular flexibility index (Phi) is 4.77. The lowest BCUT2D eigenvalue weighted by Crippen LogP contribution is -2.87. The second kappa shape index (κ2) is 7.94. The van der Waals surface area contributed by atoms with Crippen molar-refractivity contribution in [1.82, 2.24) is 20.0 Å². The number of aromatic nitrogens is 4. The summed E-state index contributed by atoms with van der Waals surface area (Å²) in [6.45, 7) is 1.64. The lowest BCUT2D eigenvalue weighted by atomic mass is 9.93. The summed E-state index contributed by atoms with van der Waals surface area (Å²) < 4.78 is 13.1. The van der Waals surface area contributed by atoms with E-state index in [0.717, 1.165) is 46.6 Å². The van der Waals surface area contributed by atoms with Gasteiger partial charge in [-0.3, -0.25) is 0 Å². The molecular formula is C26H26N5O2+. The van der Waals surface area contributed by atoms with Crippen LogP contribution < -0.4 is 14.8 Å². The summed E-state index contributed by atoms with van der Waals surface area (Å²) in [7, 11) is 3.43. The minimum absolute atomic E-state index is 0.198. The SMILES string of the molecule is COc1ccc2[nH]c3c(c2c1)CC[NH2+][C@@H]3c1ccc(OC)c(Cn2nnc3ccccc32)c1. The number of ether oxygens (including phenoxy) is 2. The highest BCUT2D eigenvalue weighted by molar-refractivity contribution is 5.86. The van der Waals surface area contributed by atoms with Crippen molar-refractivity contribution in [2.24, 2.45) is 0 Å². The Labute approximate surface area is 191 Å². The van der Waals surface area contributed by atoms with E-state index in [1.807, 2.05) is 35.0 Å². The van der Waals surface area contributed by atoms with Gasteiger partial charge in [-0.25, -0.2) is 4.68 Å². The number of rotatable bonds is 5. The standard InChI is InChI=1S/C26H25N5O2/c1-32-18-8-9-21-20(14-18)19-11-12-27-25(26(19)28-21)16-7-10-24(33-2)17(13-16)15-31-23-6-4-3-5-22(23)29-30-31/h3-10,13-14,25,27-28H,11-12,15H2,1-2H3/p+1/t25-/m1/s1. The number of quaternary nitrogens is 1. The lowest BCUT2D eigenvalue weighted by molar-refractivity contribution is -0.690. The van der Waals surface area contributed by atoms with E-state index in [9.17, 15) is 0 Å². The first kappa shape index (κ1) is 19.8. The minimum atomic E-state index is 0.198. The van der Waals surface area contributed by atoms with Crippen LogP contribution in [0.1, 0.15) is 28.4 Å². The van der Waals surface area contributed by atoms with Crippen LogP contribution in [-0.4, -0.2) is 40.7 Å². The number of nitrogens with zero attached hydrogens (tertiary/aromatic N) is 3. The van der Waals surface area contributed by atoms with Gasteiger partial charge >= 0.3 is 0 Å². The van der Waals surface area contributed by atoms with Gasteiger partial charge in [-0.2, -0.15) is 0 Å². The van der Waals surface area contributed by atoms with Crippen LogP contribution in [0.5, 0.6) is 11.5 Å². The normalized spacial score (nSPS) is 15.6. The summed E-state index contributed by atoms with van der Waals surface area (Å²) in [5.74, 6) is 1.75. The smallest absolute Gasteiger partial charge is 0.153 e. The van der Waals surface area contributed by atoms with E-state index in [1.165, 1.54) is 22.2 Å². The fraction of sp³-hybridized carbons (Fsp3) is 0.231. The first-order valence-electron chi connectivity index (χ1n) is 11.2. The molecule has 0 radical (unpaired) electrons. The average molecular weight is 441 g/mol. The third kappa shape index (κ3) is 3.32. The van der Waals surface area contributed by atoms with E-state index < -0.39 is 0 Å². The van der Waals surface area contributed by atoms with Crippen molar-refractivity contribution in [3.63, 3.8) is 0 Å². The Hall–Kier alpha value is -3.84. The molecule has 0 unspecified atom stereocenters. The number of methoxy groups -OCH3 is 2. The molecule has 7 nitrogen and oxygen atoms in total. The largest absolute Gasteiger partial charge is 0.497 e. The second-order valence-electron chi connectivity index (χ2n) is 8.49. The maximum absolute atomic E-state index is 5.70. The van der Waals surface area contributed by atoms with Crippen LogP contribution in [0, 0.1) is 0 Å².